The average molecular weight is 397 g/mol. The standard InChI is InChI=1S/C24H23N5O/c1-15-3-4-19(11-16(15)2)17-5-7-18(8-6-17)24-25-21-9-10-29(14-22(21)26-24)13-20-12-23(30)28-27-20/h3-12H,13-14H2,1-2H3,(H,25,26)(H2,27,28,30). The van der Waals surface area contributed by atoms with Gasteiger partial charge in [-0.05, 0) is 42.2 Å². The molecule has 30 heavy (non-hydrogen) atoms. The molecule has 0 unspecified atom stereocenters. The lowest BCUT2D eigenvalue weighted by molar-refractivity contribution is 0.351. The molecule has 0 radical (unpaired) electrons. The first-order chi connectivity index (χ1) is 14.5. The Morgan fingerprint density at radius 1 is 0.933 bits per heavy atom. The molecule has 0 bridgehead atoms. The number of aromatic amines is 3. The lowest BCUT2D eigenvalue weighted by Crippen LogP contribution is -2.19. The predicted molar refractivity (Wildman–Crippen MR) is 119 cm³/mol. The number of aryl methyl sites for hydroxylation is 2. The highest BCUT2D eigenvalue weighted by Crippen LogP contribution is 2.27. The van der Waals surface area contributed by atoms with Gasteiger partial charge in [0, 0.05) is 17.8 Å². The minimum absolute atomic E-state index is 0.113. The van der Waals surface area contributed by atoms with E-state index in [4.69, 9.17) is 4.98 Å². The average Bonchev–Trinajstić information content (AvgIpc) is 3.36. The highest BCUT2D eigenvalue weighted by atomic mass is 16.1. The van der Waals surface area contributed by atoms with Crippen molar-refractivity contribution in [2.24, 2.45) is 0 Å². The lowest BCUT2D eigenvalue weighted by atomic mass is 9.99. The Hall–Kier alpha value is -3.80. The number of hydrogen-bond donors (Lipinski definition) is 3. The van der Waals surface area contributed by atoms with Crippen LogP contribution in [0.1, 0.15) is 28.2 Å². The molecule has 3 heterocycles. The summed E-state index contributed by atoms with van der Waals surface area (Å²) in [5.74, 6) is 0.869. The third-order valence-electron chi connectivity index (χ3n) is 5.64. The monoisotopic (exact) mass is 397 g/mol. The molecule has 1 aliphatic heterocycles. The molecule has 0 saturated carbocycles. The van der Waals surface area contributed by atoms with Crippen molar-refractivity contribution in [2.75, 3.05) is 0 Å². The number of imidazole rings is 1. The maximum atomic E-state index is 11.3. The van der Waals surface area contributed by atoms with Gasteiger partial charge in [0.1, 0.15) is 5.82 Å². The molecule has 0 saturated heterocycles. The summed E-state index contributed by atoms with van der Waals surface area (Å²) in [6.45, 7) is 5.59. The van der Waals surface area contributed by atoms with Crippen molar-refractivity contribution < 1.29 is 0 Å². The highest BCUT2D eigenvalue weighted by molar-refractivity contribution is 5.69. The van der Waals surface area contributed by atoms with Gasteiger partial charge in [0.05, 0.1) is 30.2 Å². The van der Waals surface area contributed by atoms with E-state index in [0.29, 0.717) is 13.1 Å². The van der Waals surface area contributed by atoms with Crippen LogP contribution in [0.3, 0.4) is 0 Å². The van der Waals surface area contributed by atoms with Crippen LogP contribution in [0.5, 0.6) is 0 Å². The lowest BCUT2D eigenvalue weighted by Gasteiger charge is -2.21. The molecule has 6 heteroatoms. The van der Waals surface area contributed by atoms with Crippen molar-refractivity contribution in [2.45, 2.75) is 26.9 Å². The van der Waals surface area contributed by atoms with E-state index in [0.717, 1.165) is 28.5 Å². The van der Waals surface area contributed by atoms with Crippen LogP contribution < -0.4 is 5.56 Å². The molecular weight excluding hydrogens is 374 g/mol. The summed E-state index contributed by atoms with van der Waals surface area (Å²) in [5, 5.41) is 5.46. The zero-order chi connectivity index (χ0) is 20.7. The molecule has 150 valence electrons. The quantitative estimate of drug-likeness (QED) is 0.478. The van der Waals surface area contributed by atoms with Gasteiger partial charge in [-0.3, -0.25) is 9.89 Å². The Morgan fingerprint density at radius 3 is 2.43 bits per heavy atom. The van der Waals surface area contributed by atoms with Gasteiger partial charge in [0.15, 0.2) is 0 Å². The third kappa shape index (κ3) is 3.48. The van der Waals surface area contributed by atoms with Crippen molar-refractivity contribution >= 4 is 6.08 Å². The molecule has 2 aromatic heterocycles. The van der Waals surface area contributed by atoms with E-state index in [-0.39, 0.29) is 5.56 Å². The van der Waals surface area contributed by atoms with Gasteiger partial charge in [0.25, 0.3) is 5.56 Å². The van der Waals surface area contributed by atoms with Crippen LogP contribution in [0.15, 0.2) is 59.5 Å². The van der Waals surface area contributed by atoms with E-state index in [2.05, 4.69) is 76.4 Å². The van der Waals surface area contributed by atoms with Crippen LogP contribution in [0, 0.1) is 13.8 Å². The van der Waals surface area contributed by atoms with Crippen LogP contribution in [-0.4, -0.2) is 25.1 Å². The van der Waals surface area contributed by atoms with Gasteiger partial charge < -0.3 is 15.0 Å². The zero-order valence-electron chi connectivity index (χ0n) is 17.0. The maximum Gasteiger partial charge on any atom is 0.264 e. The third-order valence-corrected chi connectivity index (χ3v) is 5.64. The Balaban J connectivity index is 1.35. The Morgan fingerprint density at radius 2 is 1.70 bits per heavy atom. The summed E-state index contributed by atoms with van der Waals surface area (Å²) in [6, 6.07) is 16.7. The zero-order valence-corrected chi connectivity index (χ0v) is 17.0. The summed E-state index contributed by atoms with van der Waals surface area (Å²) in [6.07, 6.45) is 4.06. The second kappa shape index (κ2) is 7.22. The molecule has 0 fully saturated rings. The smallest absolute Gasteiger partial charge is 0.264 e. The number of rotatable bonds is 4. The second-order valence-corrected chi connectivity index (χ2v) is 7.83. The number of nitrogens with zero attached hydrogens (tertiary/aromatic N) is 2. The van der Waals surface area contributed by atoms with Crippen LogP contribution in [0.4, 0.5) is 0 Å². The van der Waals surface area contributed by atoms with E-state index in [1.54, 1.807) is 6.07 Å². The number of nitrogens with one attached hydrogen (secondary N) is 3. The molecule has 1 aliphatic rings. The van der Waals surface area contributed by atoms with E-state index in [9.17, 15) is 4.79 Å². The molecule has 2 aromatic carbocycles. The van der Waals surface area contributed by atoms with E-state index in [1.165, 1.54) is 22.3 Å². The Kier molecular flexibility index (Phi) is 4.39. The van der Waals surface area contributed by atoms with Gasteiger partial charge in [0.2, 0.25) is 0 Å². The Labute approximate surface area is 174 Å². The summed E-state index contributed by atoms with van der Waals surface area (Å²) < 4.78 is 0. The van der Waals surface area contributed by atoms with Gasteiger partial charge in [-0.25, -0.2) is 4.98 Å². The summed E-state index contributed by atoms with van der Waals surface area (Å²) in [5.41, 5.74) is 8.87. The molecule has 5 rings (SSSR count). The fraction of sp³-hybridized carbons (Fsp3) is 0.167. The second-order valence-electron chi connectivity index (χ2n) is 7.83. The molecule has 6 nitrogen and oxygen atoms in total. The summed E-state index contributed by atoms with van der Waals surface area (Å²) >= 11 is 0. The van der Waals surface area contributed by atoms with Gasteiger partial charge >= 0.3 is 0 Å². The number of hydrogen-bond acceptors (Lipinski definition) is 3. The number of benzene rings is 2. The van der Waals surface area contributed by atoms with Gasteiger partial charge in [-0.1, -0.05) is 42.5 Å². The van der Waals surface area contributed by atoms with Crippen molar-refractivity contribution in [1.29, 1.82) is 0 Å². The van der Waals surface area contributed by atoms with Gasteiger partial charge in [-0.15, -0.1) is 0 Å². The largest absolute Gasteiger partial charge is 0.366 e. The maximum absolute atomic E-state index is 11.3. The summed E-state index contributed by atoms with van der Waals surface area (Å²) in [4.78, 5) is 21.7. The highest BCUT2D eigenvalue weighted by Gasteiger charge is 2.17. The van der Waals surface area contributed by atoms with Crippen molar-refractivity contribution in [3.63, 3.8) is 0 Å². The van der Waals surface area contributed by atoms with Crippen LogP contribution in [0.2, 0.25) is 0 Å². The molecule has 0 aliphatic carbocycles. The predicted octanol–water partition coefficient (Wildman–Crippen LogP) is 4.36. The minimum Gasteiger partial charge on any atom is -0.366 e. The normalized spacial score (nSPS) is 12.9. The molecule has 0 atom stereocenters. The molecule has 0 spiro atoms. The van der Waals surface area contributed by atoms with E-state index in [1.807, 2.05) is 12.3 Å². The summed E-state index contributed by atoms with van der Waals surface area (Å²) in [7, 11) is 0. The molecule has 4 aromatic rings. The van der Waals surface area contributed by atoms with Crippen LogP contribution >= 0.6 is 0 Å². The van der Waals surface area contributed by atoms with E-state index >= 15 is 0 Å². The van der Waals surface area contributed by atoms with Crippen molar-refractivity contribution in [3.05, 3.63) is 93.3 Å². The van der Waals surface area contributed by atoms with Crippen molar-refractivity contribution in [1.82, 2.24) is 25.1 Å². The van der Waals surface area contributed by atoms with E-state index < -0.39 is 0 Å². The SMILES string of the molecule is Cc1ccc(-c2ccc(-c3nc4c([nH]3)C=CN(Cc3cc(=O)[nH][nH]3)C4)cc2)cc1C. The number of H-pyrrole nitrogens is 3. The molecule has 3 N–H and O–H groups in total. The fourth-order valence-electron chi connectivity index (χ4n) is 3.77. The van der Waals surface area contributed by atoms with Crippen LogP contribution in [-0.2, 0) is 13.1 Å². The minimum atomic E-state index is -0.113. The van der Waals surface area contributed by atoms with Crippen LogP contribution in [0.25, 0.3) is 28.6 Å². The first kappa shape index (κ1) is 18.2. The molecular formula is C24H23N5O. The fourth-order valence-corrected chi connectivity index (χ4v) is 3.77. The first-order valence-electron chi connectivity index (χ1n) is 10.0. The Bertz CT molecular complexity index is 1290. The topological polar surface area (TPSA) is 80.6 Å². The first-order valence-corrected chi connectivity index (χ1v) is 10.0. The molecule has 0 amide bonds. The number of fused-ring (bicyclic) bond motifs is 1. The van der Waals surface area contributed by atoms with Crippen molar-refractivity contribution in [3.8, 4) is 22.5 Å². The van der Waals surface area contributed by atoms with Gasteiger partial charge in [-0.2, -0.15) is 0 Å². The number of aromatic nitrogens is 4.